The Balaban J connectivity index is 1.69. The highest BCUT2D eigenvalue weighted by Gasteiger charge is 2.44. The molecule has 2 atom stereocenters. The molecule has 2 fully saturated rings. The van der Waals surface area contributed by atoms with Crippen LogP contribution in [-0.2, 0) is 22.6 Å². The molecular weight excluding hydrogens is 576 g/mol. The number of thioether (sulfide) groups is 1. The molecule has 1 amide bonds. The first kappa shape index (κ1) is 31.6. The molecule has 0 N–H and O–H groups in total. The number of amides is 1. The SMILES string of the molecule is CN(C(=O)C(C)(C)c1cc(C(F)(F)F)cc(C(F)(F)F)c1)[C@H]1CCN(C2CCSCC2)C[C@@H]1c1ccc(F)cc1F. The zero-order chi connectivity index (χ0) is 30.3. The van der Waals surface area contributed by atoms with Gasteiger partial charge in [-0.05, 0) is 80.0 Å². The van der Waals surface area contributed by atoms with Crippen molar-refractivity contribution in [3.63, 3.8) is 0 Å². The average molecular weight is 609 g/mol. The predicted octanol–water partition coefficient (Wildman–Crippen LogP) is 7.49. The maximum atomic E-state index is 15.1. The van der Waals surface area contributed by atoms with Gasteiger partial charge in [0.05, 0.1) is 16.5 Å². The number of hydrogen-bond acceptors (Lipinski definition) is 3. The molecule has 3 nitrogen and oxygen atoms in total. The molecule has 0 unspecified atom stereocenters. The predicted molar refractivity (Wildman–Crippen MR) is 142 cm³/mol. The summed E-state index contributed by atoms with van der Waals surface area (Å²) in [7, 11) is 1.44. The second kappa shape index (κ2) is 11.7. The van der Waals surface area contributed by atoms with E-state index in [0.717, 1.165) is 36.5 Å². The van der Waals surface area contributed by atoms with Crippen molar-refractivity contribution in [2.45, 2.75) is 68.9 Å². The lowest BCUT2D eigenvalue weighted by atomic mass is 9.79. The number of alkyl halides is 6. The summed E-state index contributed by atoms with van der Waals surface area (Å²) in [6.07, 6.45) is -7.81. The summed E-state index contributed by atoms with van der Waals surface area (Å²) >= 11 is 1.86. The highest BCUT2D eigenvalue weighted by atomic mass is 32.2. The van der Waals surface area contributed by atoms with Gasteiger partial charge in [-0.15, -0.1) is 0 Å². The van der Waals surface area contributed by atoms with Gasteiger partial charge in [0.2, 0.25) is 5.91 Å². The summed E-state index contributed by atoms with van der Waals surface area (Å²) in [5.41, 5.74) is -5.01. The molecule has 2 heterocycles. The molecule has 2 saturated heterocycles. The third-order valence-corrected chi connectivity index (χ3v) is 9.39. The fourth-order valence-corrected chi connectivity index (χ4v) is 7.03. The molecule has 0 radical (unpaired) electrons. The number of likely N-dealkylation sites (tertiary alicyclic amines) is 1. The fraction of sp³-hybridized carbons (Fsp3) is 0.552. The van der Waals surface area contributed by atoms with E-state index < -0.39 is 64.0 Å². The minimum Gasteiger partial charge on any atom is -0.341 e. The third kappa shape index (κ3) is 6.84. The highest BCUT2D eigenvalue weighted by Crippen LogP contribution is 2.41. The standard InChI is InChI=1S/C29H32F8N2OS/c1-27(2,17-12-18(28(32,33)34)14-19(13-17)29(35,36)37)26(40)38(3)25-6-9-39(21-7-10-41-11-8-21)16-23(25)22-5-4-20(30)15-24(22)31/h4-5,12-15,21,23,25H,6-11,16H2,1-3H3/t23-,25+/m1/s1. The summed E-state index contributed by atoms with van der Waals surface area (Å²) in [4.78, 5) is 17.4. The van der Waals surface area contributed by atoms with Crippen LogP contribution in [0.1, 0.15) is 61.3 Å². The Bertz CT molecular complexity index is 1220. The summed E-state index contributed by atoms with van der Waals surface area (Å²) < 4.78 is 110. The number of likely N-dealkylation sites (N-methyl/N-ethyl adjacent to an activating group) is 1. The first-order chi connectivity index (χ1) is 19.0. The Hall–Kier alpha value is -2.34. The van der Waals surface area contributed by atoms with Crippen LogP contribution in [0.2, 0.25) is 0 Å². The Morgan fingerprint density at radius 1 is 0.878 bits per heavy atom. The van der Waals surface area contributed by atoms with Gasteiger partial charge in [0.1, 0.15) is 11.6 Å². The zero-order valence-electron chi connectivity index (χ0n) is 22.9. The lowest BCUT2D eigenvalue weighted by molar-refractivity contribution is -0.144. The molecule has 0 aliphatic carbocycles. The molecule has 0 saturated carbocycles. The van der Waals surface area contributed by atoms with Crippen molar-refractivity contribution in [2.24, 2.45) is 0 Å². The number of rotatable bonds is 5. The van der Waals surface area contributed by atoms with E-state index in [4.69, 9.17) is 0 Å². The van der Waals surface area contributed by atoms with Crippen LogP contribution in [-0.4, -0.2) is 59.4 Å². The van der Waals surface area contributed by atoms with Gasteiger partial charge >= 0.3 is 12.4 Å². The van der Waals surface area contributed by atoms with Crippen LogP contribution >= 0.6 is 11.8 Å². The highest BCUT2D eigenvalue weighted by molar-refractivity contribution is 7.99. The lowest BCUT2D eigenvalue weighted by Gasteiger charge is -2.47. The molecule has 2 aliphatic rings. The van der Waals surface area contributed by atoms with Crippen molar-refractivity contribution >= 4 is 17.7 Å². The van der Waals surface area contributed by atoms with Crippen molar-refractivity contribution < 1.29 is 39.9 Å². The molecule has 0 bridgehead atoms. The first-order valence-electron chi connectivity index (χ1n) is 13.3. The molecular formula is C29H32F8N2OS. The number of hydrogen-bond donors (Lipinski definition) is 0. The van der Waals surface area contributed by atoms with E-state index in [1.807, 2.05) is 11.8 Å². The smallest absolute Gasteiger partial charge is 0.341 e. The summed E-state index contributed by atoms with van der Waals surface area (Å²) in [6, 6.07) is 4.07. The number of carbonyl (C=O) groups is 1. The second-order valence-corrected chi connectivity index (χ2v) is 12.5. The van der Waals surface area contributed by atoms with Crippen molar-refractivity contribution in [3.8, 4) is 0 Å². The minimum atomic E-state index is -5.06. The maximum absolute atomic E-state index is 15.1. The Morgan fingerprint density at radius 3 is 1.98 bits per heavy atom. The molecule has 2 aliphatic heterocycles. The van der Waals surface area contributed by atoms with Crippen molar-refractivity contribution in [2.75, 3.05) is 31.6 Å². The van der Waals surface area contributed by atoms with E-state index in [-0.39, 0.29) is 17.7 Å². The number of nitrogens with zero attached hydrogens (tertiary/aromatic N) is 2. The van der Waals surface area contributed by atoms with Crippen LogP contribution in [0.4, 0.5) is 35.1 Å². The van der Waals surface area contributed by atoms with Crippen LogP contribution in [0.5, 0.6) is 0 Å². The molecule has 4 rings (SSSR count). The van der Waals surface area contributed by atoms with Crippen LogP contribution in [0.25, 0.3) is 0 Å². The lowest BCUT2D eigenvalue weighted by Crippen LogP contribution is -2.55. The van der Waals surface area contributed by atoms with E-state index in [2.05, 4.69) is 4.90 Å². The largest absolute Gasteiger partial charge is 0.416 e. The zero-order valence-corrected chi connectivity index (χ0v) is 23.7. The normalized spacial score (nSPS) is 21.6. The topological polar surface area (TPSA) is 23.6 Å². The van der Waals surface area contributed by atoms with Gasteiger partial charge in [-0.25, -0.2) is 8.78 Å². The van der Waals surface area contributed by atoms with Gasteiger partial charge in [0.25, 0.3) is 0 Å². The van der Waals surface area contributed by atoms with Crippen LogP contribution in [0.15, 0.2) is 36.4 Å². The molecule has 2 aromatic rings. The van der Waals surface area contributed by atoms with E-state index >= 15 is 4.39 Å². The quantitative estimate of drug-likeness (QED) is 0.329. The molecule has 0 aromatic heterocycles. The average Bonchev–Trinajstić information content (AvgIpc) is 2.91. The number of carbonyl (C=O) groups excluding carboxylic acids is 1. The van der Waals surface area contributed by atoms with Gasteiger partial charge in [0.15, 0.2) is 0 Å². The molecule has 2 aromatic carbocycles. The van der Waals surface area contributed by atoms with E-state index in [0.29, 0.717) is 31.6 Å². The molecule has 226 valence electrons. The van der Waals surface area contributed by atoms with Crippen molar-refractivity contribution in [1.82, 2.24) is 9.80 Å². The number of piperidine rings is 1. The second-order valence-electron chi connectivity index (χ2n) is 11.3. The van der Waals surface area contributed by atoms with Crippen LogP contribution in [0.3, 0.4) is 0 Å². The number of benzene rings is 2. The van der Waals surface area contributed by atoms with Gasteiger partial charge in [-0.3, -0.25) is 9.69 Å². The summed E-state index contributed by atoms with van der Waals surface area (Å²) in [5, 5.41) is 0. The van der Waals surface area contributed by atoms with Crippen LogP contribution < -0.4 is 0 Å². The Labute approximate surface area is 238 Å². The minimum absolute atomic E-state index is 0.0284. The van der Waals surface area contributed by atoms with E-state index in [1.54, 1.807) is 0 Å². The van der Waals surface area contributed by atoms with Gasteiger partial charge in [-0.1, -0.05) is 6.07 Å². The summed E-state index contributed by atoms with van der Waals surface area (Å²) in [6.45, 7) is 3.52. The van der Waals surface area contributed by atoms with E-state index in [9.17, 15) is 35.5 Å². The maximum Gasteiger partial charge on any atom is 0.416 e. The molecule has 41 heavy (non-hydrogen) atoms. The van der Waals surface area contributed by atoms with Gasteiger partial charge < -0.3 is 4.90 Å². The van der Waals surface area contributed by atoms with Gasteiger partial charge in [-0.2, -0.15) is 38.1 Å². The molecule has 0 spiro atoms. The van der Waals surface area contributed by atoms with Crippen molar-refractivity contribution in [1.29, 1.82) is 0 Å². The Morgan fingerprint density at radius 2 is 1.44 bits per heavy atom. The number of halogens is 8. The monoisotopic (exact) mass is 608 g/mol. The van der Waals surface area contributed by atoms with E-state index in [1.165, 1.54) is 31.9 Å². The van der Waals surface area contributed by atoms with Crippen molar-refractivity contribution in [3.05, 3.63) is 70.3 Å². The Kier molecular flexibility index (Phi) is 9.05. The first-order valence-corrected chi connectivity index (χ1v) is 14.5. The molecule has 12 heteroatoms. The van der Waals surface area contributed by atoms with Gasteiger partial charge in [0, 0.05) is 44.2 Å². The fourth-order valence-electron chi connectivity index (χ4n) is 5.95. The van der Waals surface area contributed by atoms with Crippen LogP contribution in [0, 0.1) is 11.6 Å². The summed E-state index contributed by atoms with van der Waals surface area (Å²) in [5.74, 6) is -0.835. The third-order valence-electron chi connectivity index (χ3n) is 8.34.